The van der Waals surface area contributed by atoms with Gasteiger partial charge in [-0.2, -0.15) is 5.10 Å². The molecule has 0 aromatic carbocycles. The van der Waals surface area contributed by atoms with E-state index in [1.165, 1.54) is 0 Å². The lowest BCUT2D eigenvalue weighted by molar-refractivity contribution is 0.0489. The van der Waals surface area contributed by atoms with Crippen molar-refractivity contribution >= 4 is 5.97 Å². The zero-order valence-corrected chi connectivity index (χ0v) is 11.8. The van der Waals surface area contributed by atoms with Gasteiger partial charge in [0.05, 0.1) is 24.1 Å². The van der Waals surface area contributed by atoms with Gasteiger partial charge in [-0.25, -0.2) is 9.78 Å². The van der Waals surface area contributed by atoms with E-state index < -0.39 is 5.97 Å². The SMILES string of the molecule is CCOC(=O)c1oc(-c2cnn(C)c2C)nc1C1CC1. The van der Waals surface area contributed by atoms with Gasteiger partial charge in [0.1, 0.15) is 0 Å². The fourth-order valence-corrected chi connectivity index (χ4v) is 2.13. The van der Waals surface area contributed by atoms with Gasteiger partial charge in [0.2, 0.25) is 11.7 Å². The first-order valence-electron chi connectivity index (χ1n) is 6.78. The quantitative estimate of drug-likeness (QED) is 0.801. The Balaban J connectivity index is 2.03. The van der Waals surface area contributed by atoms with Crippen molar-refractivity contribution in [3.63, 3.8) is 0 Å². The molecule has 0 atom stereocenters. The minimum absolute atomic E-state index is 0.243. The molecule has 2 aromatic rings. The lowest BCUT2D eigenvalue weighted by atomic mass is 10.2. The zero-order chi connectivity index (χ0) is 14.3. The van der Waals surface area contributed by atoms with Crippen molar-refractivity contribution < 1.29 is 13.9 Å². The lowest BCUT2D eigenvalue weighted by Gasteiger charge is -1.99. The molecule has 0 aliphatic heterocycles. The molecule has 0 bridgehead atoms. The molecule has 0 unspecified atom stereocenters. The average Bonchev–Trinajstić information content (AvgIpc) is 3.10. The number of esters is 1. The Bertz CT molecular complexity index is 653. The average molecular weight is 275 g/mol. The van der Waals surface area contributed by atoms with Gasteiger partial charge in [-0.05, 0) is 26.7 Å². The summed E-state index contributed by atoms with van der Waals surface area (Å²) in [6.07, 6.45) is 3.79. The van der Waals surface area contributed by atoms with Crippen molar-refractivity contribution in [3.05, 3.63) is 23.3 Å². The fraction of sp³-hybridized carbons (Fsp3) is 0.500. The molecule has 3 rings (SSSR count). The number of rotatable bonds is 4. The van der Waals surface area contributed by atoms with Crippen LogP contribution < -0.4 is 0 Å². The van der Waals surface area contributed by atoms with E-state index in [-0.39, 0.29) is 5.76 Å². The third kappa shape index (κ3) is 2.11. The van der Waals surface area contributed by atoms with Crippen LogP contribution in [-0.4, -0.2) is 27.3 Å². The van der Waals surface area contributed by atoms with Gasteiger partial charge in [-0.15, -0.1) is 0 Å². The van der Waals surface area contributed by atoms with Crippen LogP contribution in [0.2, 0.25) is 0 Å². The fourth-order valence-electron chi connectivity index (χ4n) is 2.13. The van der Waals surface area contributed by atoms with E-state index in [0.29, 0.717) is 18.4 Å². The summed E-state index contributed by atoms with van der Waals surface area (Å²) in [6.45, 7) is 4.04. The standard InChI is InChI=1S/C14H17N3O3/c1-4-19-14(18)12-11(9-5-6-9)16-13(20-12)10-7-15-17(3)8(10)2/h7,9H,4-6H2,1-3H3. The molecule has 0 spiro atoms. The summed E-state index contributed by atoms with van der Waals surface area (Å²) >= 11 is 0. The summed E-state index contributed by atoms with van der Waals surface area (Å²) < 4.78 is 12.5. The molecule has 0 saturated heterocycles. The molecule has 106 valence electrons. The van der Waals surface area contributed by atoms with Gasteiger partial charge in [-0.1, -0.05) is 0 Å². The molecular formula is C14H17N3O3. The minimum atomic E-state index is -0.435. The smallest absolute Gasteiger partial charge is 0.376 e. The third-order valence-corrected chi connectivity index (χ3v) is 3.54. The van der Waals surface area contributed by atoms with Gasteiger partial charge in [-0.3, -0.25) is 4.68 Å². The van der Waals surface area contributed by atoms with Gasteiger partial charge < -0.3 is 9.15 Å². The van der Waals surface area contributed by atoms with Gasteiger partial charge in [0.15, 0.2) is 0 Å². The molecule has 0 amide bonds. The van der Waals surface area contributed by atoms with Gasteiger partial charge in [0, 0.05) is 18.7 Å². The van der Waals surface area contributed by atoms with Gasteiger partial charge >= 0.3 is 5.97 Å². The van der Waals surface area contributed by atoms with Gasteiger partial charge in [0.25, 0.3) is 0 Å². The molecule has 1 aliphatic rings. The second-order valence-electron chi connectivity index (χ2n) is 5.00. The minimum Gasteiger partial charge on any atom is -0.460 e. The Labute approximate surface area is 116 Å². The van der Waals surface area contributed by atoms with Crippen LogP contribution in [0.15, 0.2) is 10.6 Å². The molecule has 6 heteroatoms. The predicted molar refractivity (Wildman–Crippen MR) is 71.4 cm³/mol. The van der Waals surface area contributed by atoms with Crippen LogP contribution in [0.3, 0.4) is 0 Å². The molecule has 2 heterocycles. The number of carbonyl (C=O) groups excluding carboxylic acids is 1. The molecular weight excluding hydrogens is 258 g/mol. The Kier molecular flexibility index (Phi) is 3.08. The first-order chi connectivity index (χ1) is 9.61. The third-order valence-electron chi connectivity index (χ3n) is 3.54. The Hall–Kier alpha value is -2.11. The largest absolute Gasteiger partial charge is 0.460 e. The molecule has 0 radical (unpaired) electrons. The number of hydrogen-bond donors (Lipinski definition) is 0. The van der Waals surface area contributed by atoms with Crippen molar-refractivity contribution in [1.82, 2.24) is 14.8 Å². The maximum absolute atomic E-state index is 12.0. The monoisotopic (exact) mass is 275 g/mol. The number of aryl methyl sites for hydroxylation is 1. The Morgan fingerprint density at radius 3 is 2.85 bits per heavy atom. The van der Waals surface area contributed by atoms with Crippen molar-refractivity contribution in [2.24, 2.45) is 7.05 Å². The first-order valence-corrected chi connectivity index (χ1v) is 6.78. The summed E-state index contributed by atoms with van der Waals surface area (Å²) in [5, 5.41) is 4.17. The highest BCUT2D eigenvalue weighted by Gasteiger charge is 2.34. The van der Waals surface area contributed by atoms with E-state index >= 15 is 0 Å². The second-order valence-corrected chi connectivity index (χ2v) is 5.00. The van der Waals surface area contributed by atoms with E-state index in [4.69, 9.17) is 9.15 Å². The van der Waals surface area contributed by atoms with Crippen LogP contribution in [0, 0.1) is 6.92 Å². The first kappa shape index (κ1) is 12.9. The molecule has 1 saturated carbocycles. The van der Waals surface area contributed by atoms with Crippen LogP contribution in [0.1, 0.15) is 47.6 Å². The Morgan fingerprint density at radius 2 is 2.30 bits per heavy atom. The summed E-state index contributed by atoms with van der Waals surface area (Å²) in [6, 6.07) is 0. The molecule has 20 heavy (non-hydrogen) atoms. The van der Waals surface area contributed by atoms with Crippen LogP contribution >= 0.6 is 0 Å². The number of aromatic nitrogens is 3. The zero-order valence-electron chi connectivity index (χ0n) is 11.8. The van der Waals surface area contributed by atoms with E-state index in [9.17, 15) is 4.79 Å². The maximum atomic E-state index is 12.0. The highest BCUT2D eigenvalue weighted by atomic mass is 16.5. The van der Waals surface area contributed by atoms with Crippen LogP contribution in [0.5, 0.6) is 0 Å². The van der Waals surface area contributed by atoms with E-state index in [1.807, 2.05) is 14.0 Å². The summed E-state index contributed by atoms with van der Waals surface area (Å²) in [5.74, 6) is 0.576. The molecule has 1 aliphatic carbocycles. The lowest BCUT2D eigenvalue weighted by Crippen LogP contribution is -2.05. The maximum Gasteiger partial charge on any atom is 0.376 e. The molecule has 0 N–H and O–H groups in total. The number of hydrogen-bond acceptors (Lipinski definition) is 5. The van der Waals surface area contributed by atoms with Crippen molar-refractivity contribution in [1.29, 1.82) is 0 Å². The van der Waals surface area contributed by atoms with E-state index in [2.05, 4.69) is 10.1 Å². The van der Waals surface area contributed by atoms with E-state index in [0.717, 1.165) is 29.8 Å². The summed E-state index contributed by atoms with van der Waals surface area (Å²) in [4.78, 5) is 16.5. The molecule has 1 fully saturated rings. The highest BCUT2D eigenvalue weighted by Crippen LogP contribution is 2.42. The number of nitrogens with zero attached hydrogens (tertiary/aromatic N) is 3. The summed E-state index contributed by atoms with van der Waals surface area (Å²) in [5.41, 5.74) is 2.48. The van der Waals surface area contributed by atoms with Crippen molar-refractivity contribution in [3.8, 4) is 11.5 Å². The van der Waals surface area contributed by atoms with Crippen molar-refractivity contribution in [2.75, 3.05) is 6.61 Å². The summed E-state index contributed by atoms with van der Waals surface area (Å²) in [7, 11) is 1.86. The highest BCUT2D eigenvalue weighted by molar-refractivity contribution is 5.88. The van der Waals surface area contributed by atoms with E-state index in [1.54, 1.807) is 17.8 Å². The number of carbonyl (C=O) groups is 1. The topological polar surface area (TPSA) is 70.2 Å². The normalized spacial score (nSPS) is 14.6. The van der Waals surface area contributed by atoms with Crippen LogP contribution in [0.4, 0.5) is 0 Å². The second kappa shape index (κ2) is 4.77. The predicted octanol–water partition coefficient (Wildman–Crippen LogP) is 2.44. The Morgan fingerprint density at radius 1 is 1.55 bits per heavy atom. The number of oxazole rings is 1. The number of ether oxygens (including phenoxy) is 1. The molecule has 6 nitrogen and oxygen atoms in total. The van der Waals surface area contributed by atoms with Crippen molar-refractivity contribution in [2.45, 2.75) is 32.6 Å². The molecule has 2 aromatic heterocycles. The van der Waals surface area contributed by atoms with Crippen LogP contribution in [-0.2, 0) is 11.8 Å². The van der Waals surface area contributed by atoms with Crippen LogP contribution in [0.25, 0.3) is 11.5 Å².